The largest absolute Gasteiger partial charge is 0.494 e. The molecule has 0 bridgehead atoms. The molecule has 2 aliphatic rings. The zero-order valence-corrected chi connectivity index (χ0v) is 13.3. The van der Waals surface area contributed by atoms with Gasteiger partial charge in [0.05, 0.1) is 30.9 Å². The lowest BCUT2D eigenvalue weighted by Gasteiger charge is -2.17. The number of anilines is 1. The molecule has 1 aromatic carbocycles. The number of nitrogens with zero attached hydrogens (tertiary/aromatic N) is 1. The molecule has 0 spiro atoms. The van der Waals surface area contributed by atoms with Crippen LogP contribution in [-0.4, -0.2) is 43.7 Å². The maximum Gasteiger partial charge on any atom is 0.251 e. The molecule has 23 heavy (non-hydrogen) atoms. The van der Waals surface area contributed by atoms with Gasteiger partial charge in [-0.05, 0) is 44.0 Å². The lowest BCUT2D eigenvalue weighted by Crippen LogP contribution is -2.41. The van der Waals surface area contributed by atoms with Crippen molar-refractivity contribution in [3.05, 3.63) is 24.3 Å². The minimum absolute atomic E-state index is 0.150. The standard InChI is InChI=1S/C17H22N2O4/c1-2-22-13-7-5-12(6-8-13)19-16(20)10-15(17(19)21)18-11-14-4-3-9-23-14/h5-8,14-15,18H,2-4,9-11H2,1H3/t14-,15+/m0/s1. The number of ether oxygens (including phenoxy) is 2. The van der Waals surface area contributed by atoms with Gasteiger partial charge in [-0.1, -0.05) is 0 Å². The summed E-state index contributed by atoms with van der Waals surface area (Å²) in [6, 6.07) is 6.56. The van der Waals surface area contributed by atoms with Crippen LogP contribution in [0, 0.1) is 0 Å². The Kier molecular flexibility index (Phi) is 4.93. The van der Waals surface area contributed by atoms with Crippen molar-refractivity contribution in [3.8, 4) is 5.75 Å². The quantitative estimate of drug-likeness (QED) is 0.805. The van der Waals surface area contributed by atoms with Gasteiger partial charge in [0, 0.05) is 13.2 Å². The summed E-state index contributed by atoms with van der Waals surface area (Å²) in [5.41, 5.74) is 0.588. The number of nitrogens with one attached hydrogen (secondary N) is 1. The van der Waals surface area contributed by atoms with Gasteiger partial charge in [-0.25, -0.2) is 4.90 Å². The fourth-order valence-corrected chi connectivity index (χ4v) is 3.00. The van der Waals surface area contributed by atoms with Crippen molar-refractivity contribution in [2.75, 3.05) is 24.7 Å². The van der Waals surface area contributed by atoms with E-state index in [1.54, 1.807) is 24.3 Å². The molecule has 2 fully saturated rings. The van der Waals surface area contributed by atoms with Gasteiger partial charge in [-0.3, -0.25) is 9.59 Å². The second kappa shape index (κ2) is 7.10. The normalized spacial score (nSPS) is 24.5. The Morgan fingerprint density at radius 3 is 2.74 bits per heavy atom. The summed E-state index contributed by atoms with van der Waals surface area (Å²) >= 11 is 0. The second-order valence-corrected chi connectivity index (χ2v) is 5.79. The minimum atomic E-state index is -0.460. The molecule has 2 heterocycles. The van der Waals surface area contributed by atoms with Crippen molar-refractivity contribution in [3.63, 3.8) is 0 Å². The molecule has 1 aromatic rings. The Hall–Kier alpha value is -1.92. The third-order valence-electron chi connectivity index (χ3n) is 4.17. The monoisotopic (exact) mass is 318 g/mol. The van der Waals surface area contributed by atoms with Crippen LogP contribution in [0.5, 0.6) is 5.75 Å². The van der Waals surface area contributed by atoms with E-state index in [4.69, 9.17) is 9.47 Å². The van der Waals surface area contributed by atoms with E-state index in [1.807, 2.05) is 6.92 Å². The number of imide groups is 1. The molecule has 124 valence electrons. The third-order valence-corrected chi connectivity index (χ3v) is 4.17. The number of carbonyl (C=O) groups excluding carboxylic acids is 2. The van der Waals surface area contributed by atoms with E-state index in [-0.39, 0.29) is 24.3 Å². The van der Waals surface area contributed by atoms with Crippen LogP contribution in [-0.2, 0) is 14.3 Å². The molecule has 2 aliphatic heterocycles. The first kappa shape index (κ1) is 16.0. The van der Waals surface area contributed by atoms with Crippen molar-refractivity contribution >= 4 is 17.5 Å². The first-order valence-corrected chi connectivity index (χ1v) is 8.13. The van der Waals surface area contributed by atoms with Gasteiger partial charge < -0.3 is 14.8 Å². The van der Waals surface area contributed by atoms with Crippen molar-refractivity contribution in [1.29, 1.82) is 0 Å². The average Bonchev–Trinajstić information content (AvgIpc) is 3.15. The van der Waals surface area contributed by atoms with E-state index < -0.39 is 6.04 Å². The molecule has 2 saturated heterocycles. The highest BCUT2D eigenvalue weighted by Crippen LogP contribution is 2.25. The summed E-state index contributed by atoms with van der Waals surface area (Å²) < 4.78 is 10.9. The molecule has 1 N–H and O–H groups in total. The van der Waals surface area contributed by atoms with E-state index in [1.165, 1.54) is 4.90 Å². The van der Waals surface area contributed by atoms with E-state index in [0.717, 1.165) is 25.2 Å². The zero-order chi connectivity index (χ0) is 16.2. The fourth-order valence-electron chi connectivity index (χ4n) is 3.00. The van der Waals surface area contributed by atoms with Crippen molar-refractivity contribution in [1.82, 2.24) is 5.32 Å². The molecule has 3 rings (SSSR count). The smallest absolute Gasteiger partial charge is 0.251 e. The summed E-state index contributed by atoms with van der Waals surface area (Å²) in [5.74, 6) is 0.351. The molecule has 6 heteroatoms. The lowest BCUT2D eigenvalue weighted by atomic mass is 10.2. The maximum absolute atomic E-state index is 12.5. The summed E-state index contributed by atoms with van der Waals surface area (Å²) in [7, 11) is 0. The maximum atomic E-state index is 12.5. The van der Waals surface area contributed by atoms with Crippen LogP contribution < -0.4 is 15.0 Å². The number of hydrogen-bond donors (Lipinski definition) is 1. The number of rotatable bonds is 6. The van der Waals surface area contributed by atoms with E-state index in [0.29, 0.717) is 18.8 Å². The molecule has 0 aromatic heterocycles. The van der Waals surface area contributed by atoms with Crippen molar-refractivity contribution < 1.29 is 19.1 Å². The van der Waals surface area contributed by atoms with Crippen LogP contribution >= 0.6 is 0 Å². The predicted molar refractivity (Wildman–Crippen MR) is 85.5 cm³/mol. The molecule has 6 nitrogen and oxygen atoms in total. The van der Waals surface area contributed by atoms with Gasteiger partial charge in [-0.2, -0.15) is 0 Å². The SMILES string of the molecule is CCOc1ccc(N2C(=O)C[C@@H](NC[C@@H]3CCCO3)C2=O)cc1. The highest BCUT2D eigenvalue weighted by Gasteiger charge is 2.39. The predicted octanol–water partition coefficient (Wildman–Crippen LogP) is 1.49. The summed E-state index contributed by atoms with van der Waals surface area (Å²) in [6.45, 7) is 3.88. The number of carbonyl (C=O) groups is 2. The third kappa shape index (κ3) is 3.54. The van der Waals surface area contributed by atoms with Crippen molar-refractivity contribution in [2.24, 2.45) is 0 Å². The van der Waals surface area contributed by atoms with Crippen LogP contribution in [0.3, 0.4) is 0 Å². The molecule has 2 amide bonds. The Morgan fingerprint density at radius 2 is 2.09 bits per heavy atom. The Balaban J connectivity index is 1.63. The van der Waals surface area contributed by atoms with E-state index in [2.05, 4.69) is 5.32 Å². The highest BCUT2D eigenvalue weighted by atomic mass is 16.5. The Bertz CT molecular complexity index is 566. The molecular formula is C17H22N2O4. The summed E-state index contributed by atoms with van der Waals surface area (Å²) in [4.78, 5) is 26.0. The molecule has 0 saturated carbocycles. The molecule has 2 atom stereocenters. The van der Waals surface area contributed by atoms with Gasteiger partial charge in [-0.15, -0.1) is 0 Å². The topological polar surface area (TPSA) is 67.9 Å². The first-order chi connectivity index (χ1) is 11.2. The molecule has 0 aliphatic carbocycles. The number of benzene rings is 1. The first-order valence-electron chi connectivity index (χ1n) is 8.13. The molecular weight excluding hydrogens is 296 g/mol. The summed E-state index contributed by atoms with van der Waals surface area (Å²) in [5, 5.41) is 3.17. The van der Waals surface area contributed by atoms with E-state index >= 15 is 0 Å². The molecule has 0 radical (unpaired) electrons. The van der Waals surface area contributed by atoms with Gasteiger partial charge in [0.15, 0.2) is 0 Å². The Morgan fingerprint density at radius 1 is 1.30 bits per heavy atom. The van der Waals surface area contributed by atoms with Crippen LogP contribution in [0.4, 0.5) is 5.69 Å². The fraction of sp³-hybridized carbons (Fsp3) is 0.529. The highest BCUT2D eigenvalue weighted by molar-refractivity contribution is 6.22. The van der Waals surface area contributed by atoms with Crippen molar-refractivity contribution in [2.45, 2.75) is 38.3 Å². The van der Waals surface area contributed by atoms with Gasteiger partial charge in [0.2, 0.25) is 5.91 Å². The number of hydrogen-bond acceptors (Lipinski definition) is 5. The second-order valence-electron chi connectivity index (χ2n) is 5.79. The van der Waals surface area contributed by atoms with Crippen LogP contribution in [0.1, 0.15) is 26.2 Å². The lowest BCUT2D eigenvalue weighted by molar-refractivity contribution is -0.121. The average molecular weight is 318 g/mol. The van der Waals surface area contributed by atoms with Gasteiger partial charge in [0.25, 0.3) is 5.91 Å². The minimum Gasteiger partial charge on any atom is -0.494 e. The van der Waals surface area contributed by atoms with Crippen LogP contribution in [0.25, 0.3) is 0 Å². The Labute approximate surface area is 135 Å². The van der Waals surface area contributed by atoms with Gasteiger partial charge in [0.1, 0.15) is 5.75 Å². The van der Waals surface area contributed by atoms with Crippen LogP contribution in [0.2, 0.25) is 0 Å². The number of amides is 2. The zero-order valence-electron chi connectivity index (χ0n) is 13.3. The van der Waals surface area contributed by atoms with Gasteiger partial charge >= 0.3 is 0 Å². The molecule has 0 unspecified atom stereocenters. The summed E-state index contributed by atoms with van der Waals surface area (Å²) in [6.07, 6.45) is 2.41. The van der Waals surface area contributed by atoms with E-state index in [9.17, 15) is 9.59 Å². The van der Waals surface area contributed by atoms with Crippen LogP contribution in [0.15, 0.2) is 24.3 Å².